The van der Waals surface area contributed by atoms with E-state index in [0.29, 0.717) is 0 Å². The molecule has 0 aliphatic heterocycles. The van der Waals surface area contributed by atoms with Crippen LogP contribution in [0.25, 0.3) is 286 Å². The number of aromatic nitrogens is 6. The third kappa shape index (κ3) is 12.0. The number of para-hydroxylation sites is 9. The van der Waals surface area contributed by atoms with Crippen LogP contribution in [0.3, 0.4) is 0 Å². The largest absolute Gasteiger partial charge is 0.455 e. The van der Waals surface area contributed by atoms with Crippen LogP contribution in [0.15, 0.2) is 499 Å². The molecule has 0 amide bonds. The normalized spacial score (nSPS) is 12.6. The van der Waals surface area contributed by atoms with Crippen LogP contribution in [-0.4, -0.2) is 27.4 Å². The number of hydrogen-bond acceptors (Lipinski definition) is 3. The summed E-state index contributed by atoms with van der Waals surface area (Å²) in [6, 6.07) is 176. The molecule has 9 heterocycles. The topological polar surface area (TPSA) is 69.0 Å². The molecule has 23 aromatic carbocycles. The lowest BCUT2D eigenvalue weighted by Crippen LogP contribution is -2.15. The summed E-state index contributed by atoms with van der Waals surface area (Å²) in [4.78, 5) is 0. The smallest absolute Gasteiger partial charge is 0.145 e. The van der Waals surface area contributed by atoms with E-state index in [9.17, 15) is 0 Å². The Morgan fingerprint density at radius 1 is 0.164 bits per heavy atom. The molecule has 9 aromatic heterocycles. The summed E-state index contributed by atoms with van der Waals surface area (Å²) < 4.78 is 34.8. The van der Waals surface area contributed by atoms with Crippen LogP contribution in [0.4, 0.5) is 0 Å². The van der Waals surface area contributed by atoms with Gasteiger partial charge in [0.15, 0.2) is 0 Å². The number of hydrogen-bond donors (Lipinski definition) is 0. The van der Waals surface area contributed by atoms with Crippen molar-refractivity contribution in [1.29, 1.82) is 0 Å². The number of furan rings is 3. The van der Waals surface area contributed by atoms with Crippen molar-refractivity contribution in [2.24, 2.45) is 0 Å². The molecular weight excluding hydrogens is 1780 g/mol. The first-order chi connectivity index (χ1) is 72.2. The van der Waals surface area contributed by atoms with Gasteiger partial charge in [-0.25, -0.2) is 0 Å². The maximum absolute atomic E-state index is 6.76. The summed E-state index contributed by atoms with van der Waals surface area (Å²) in [7, 11) is 0. The quantitative estimate of drug-likeness (QED) is 0.142. The maximum Gasteiger partial charge on any atom is 0.145 e. The fraction of sp³-hybridized carbons (Fsp3) is 0.0219. The van der Waals surface area contributed by atoms with Crippen molar-refractivity contribution >= 4 is 218 Å². The minimum atomic E-state index is -0.0975. The van der Waals surface area contributed by atoms with E-state index in [1.54, 1.807) is 0 Å². The second-order valence-electron chi connectivity index (χ2n) is 39.6. The average Bonchev–Trinajstić information content (AvgIpc) is 1.54. The molecule has 146 heavy (non-hydrogen) atoms. The minimum absolute atomic E-state index is 0.0975. The van der Waals surface area contributed by atoms with Crippen LogP contribution in [0, 0.1) is 0 Å². The lowest BCUT2D eigenvalue weighted by molar-refractivity contribution is 0.660. The lowest BCUT2D eigenvalue weighted by atomic mass is 9.82. The highest BCUT2D eigenvalue weighted by Crippen LogP contribution is 2.54. The van der Waals surface area contributed by atoms with Gasteiger partial charge in [-0.05, 0) is 243 Å². The average molecular weight is 1860 g/mol. The van der Waals surface area contributed by atoms with Crippen LogP contribution in [-0.2, 0) is 5.41 Å². The second kappa shape index (κ2) is 31.4. The summed E-state index contributed by atoms with van der Waals surface area (Å²) in [6.07, 6.45) is 0. The maximum atomic E-state index is 6.76. The molecule has 1 aliphatic rings. The molecule has 0 bridgehead atoms. The van der Waals surface area contributed by atoms with E-state index in [0.717, 1.165) is 144 Å². The Balaban J connectivity index is 0.0000000995. The van der Waals surface area contributed by atoms with Crippen LogP contribution in [0.2, 0.25) is 0 Å². The summed E-state index contributed by atoms with van der Waals surface area (Å²) in [6.45, 7) is 4.71. The Labute approximate surface area is 836 Å². The van der Waals surface area contributed by atoms with Gasteiger partial charge in [-0.2, -0.15) is 0 Å². The third-order valence-corrected chi connectivity index (χ3v) is 31.4. The Morgan fingerprint density at radius 2 is 0.493 bits per heavy atom. The molecular formula is C137H86N6O3. The van der Waals surface area contributed by atoms with Crippen molar-refractivity contribution in [3.05, 3.63) is 496 Å². The van der Waals surface area contributed by atoms with Crippen LogP contribution >= 0.6 is 0 Å². The lowest BCUT2D eigenvalue weighted by Gasteiger charge is -2.22. The van der Waals surface area contributed by atoms with Crippen LogP contribution < -0.4 is 0 Å². The van der Waals surface area contributed by atoms with Gasteiger partial charge in [0.25, 0.3) is 0 Å². The summed E-state index contributed by atoms with van der Waals surface area (Å²) >= 11 is 0. The van der Waals surface area contributed by atoms with E-state index in [-0.39, 0.29) is 5.41 Å². The monoisotopic (exact) mass is 1860 g/mol. The molecule has 0 atom stereocenters. The molecule has 0 saturated carbocycles. The van der Waals surface area contributed by atoms with Gasteiger partial charge < -0.3 is 40.7 Å². The van der Waals surface area contributed by atoms with Gasteiger partial charge in [0.05, 0.1) is 88.0 Å². The fourth-order valence-electron chi connectivity index (χ4n) is 25.0. The van der Waals surface area contributed by atoms with E-state index in [1.807, 2.05) is 12.1 Å². The molecule has 0 spiro atoms. The van der Waals surface area contributed by atoms with Gasteiger partial charge in [-0.15, -0.1) is 0 Å². The van der Waals surface area contributed by atoms with Crippen LogP contribution in [0.5, 0.6) is 0 Å². The van der Waals surface area contributed by atoms with Gasteiger partial charge >= 0.3 is 0 Å². The second-order valence-corrected chi connectivity index (χ2v) is 39.6. The zero-order valence-corrected chi connectivity index (χ0v) is 79.6. The molecule has 0 N–H and O–H groups in total. The first-order valence-corrected chi connectivity index (χ1v) is 50.2. The number of nitrogens with zero attached hydrogens (tertiary/aromatic N) is 6. The van der Waals surface area contributed by atoms with Gasteiger partial charge in [0.2, 0.25) is 0 Å². The highest BCUT2D eigenvalue weighted by atomic mass is 16.3. The molecule has 0 radical (unpaired) electrons. The molecule has 0 fully saturated rings. The van der Waals surface area contributed by atoms with E-state index in [1.165, 1.54) is 153 Å². The predicted molar refractivity (Wildman–Crippen MR) is 611 cm³/mol. The van der Waals surface area contributed by atoms with Gasteiger partial charge in [-0.1, -0.05) is 317 Å². The molecule has 0 saturated heterocycles. The molecule has 33 rings (SSSR count). The molecule has 32 aromatic rings. The van der Waals surface area contributed by atoms with E-state index >= 15 is 0 Å². The Bertz CT molecular complexity index is 11100. The zero-order valence-electron chi connectivity index (χ0n) is 79.6. The molecule has 1 aliphatic carbocycles. The predicted octanol–water partition coefficient (Wildman–Crippen LogP) is 37.3. The Kier molecular flexibility index (Phi) is 17.5. The summed E-state index contributed by atoms with van der Waals surface area (Å²) in [5.41, 5.74) is 36.4. The SMILES string of the molecule is CC1(C)c2ccccc2-c2ccc(-n3c4cc5c(cc4c4c6oc7ccccc7c6ccc43)c3ccccc3n5-c3ccccc3)cc21.c1ccc(-c2cc(-c3ccccc3)cc(-n3c4cc5c(cc4c4c6oc7ccccc7c6ccc43)c3ccccc3n5-c3ccccc3)c2)cc1.c1ccc(-n2c3ccccc3c3cc4c5c6oc7ccccc7c6ccc5n(-c5cc6ccccc6c6ccccc56)c4cc32)cc1. The highest BCUT2D eigenvalue weighted by Gasteiger charge is 2.37. The molecule has 9 nitrogen and oxygen atoms in total. The summed E-state index contributed by atoms with van der Waals surface area (Å²) in [5, 5.41) is 26.2. The van der Waals surface area contributed by atoms with Gasteiger partial charge in [0, 0.05) is 120 Å². The van der Waals surface area contributed by atoms with Crippen molar-refractivity contribution in [2.75, 3.05) is 0 Å². The fourth-order valence-corrected chi connectivity index (χ4v) is 25.0. The summed E-state index contributed by atoms with van der Waals surface area (Å²) in [5.74, 6) is 0. The van der Waals surface area contributed by atoms with Crippen molar-refractivity contribution in [3.63, 3.8) is 0 Å². The Hall–Kier alpha value is -19.2. The van der Waals surface area contributed by atoms with Crippen LogP contribution in [0.1, 0.15) is 25.0 Å². The Morgan fingerprint density at radius 3 is 0.938 bits per heavy atom. The first kappa shape index (κ1) is 81.6. The standard InChI is InChI=1S/C48H30N2O.C45H30N2O.C44H26N2O/c1-4-14-31(15-5-1)33-26-34(32-16-6-2-7-17-32)28-36(27-33)50-43-25-24-39-38-21-11-13-23-46(38)51-48(39)47(43)41-29-40-37-20-10-12-22-42(37)49(44(40)30-45(41)50)35-18-8-3-9-19-35;1-45(2)36-17-9-6-14-29(36)30-21-20-28(24-37(30)45)47-39-23-22-33-32-16-8-11-19-42(32)48-44(33)43(39)35-25-34-31-15-7-10-18-38(31)46(40(34)26-41(35)47)27-12-4-3-5-13-27;1-2-13-28(14-3-1)45-37-20-10-8-18-32(37)35-25-36-41(26-40(35)45)46(38-23-22-34-33-19-9-11-21-42(33)47-44(34)43(36)38)39-24-27-12-4-5-15-29(27)30-16-6-7-17-31(30)39/h1-30H;3-26H,1-2H3;1-26H. The molecule has 0 unspecified atom stereocenters. The zero-order chi connectivity index (χ0) is 95.8. The third-order valence-electron chi connectivity index (χ3n) is 31.4. The van der Waals surface area contributed by atoms with E-state index < -0.39 is 0 Å². The number of fused-ring (bicyclic) bond motifs is 36. The van der Waals surface area contributed by atoms with Crippen molar-refractivity contribution in [3.8, 4) is 67.5 Å². The minimum Gasteiger partial charge on any atom is -0.455 e. The first-order valence-electron chi connectivity index (χ1n) is 50.2. The van der Waals surface area contributed by atoms with Crippen molar-refractivity contribution < 1.29 is 13.3 Å². The van der Waals surface area contributed by atoms with Gasteiger partial charge in [0.1, 0.15) is 33.5 Å². The number of rotatable bonds is 8. The highest BCUT2D eigenvalue weighted by molar-refractivity contribution is 6.32. The number of benzene rings is 23. The molecule has 9 heteroatoms. The van der Waals surface area contributed by atoms with Crippen molar-refractivity contribution in [2.45, 2.75) is 19.3 Å². The van der Waals surface area contributed by atoms with E-state index in [2.05, 4.69) is 514 Å². The van der Waals surface area contributed by atoms with Crippen molar-refractivity contribution in [1.82, 2.24) is 27.4 Å². The van der Waals surface area contributed by atoms with E-state index in [4.69, 9.17) is 13.3 Å². The van der Waals surface area contributed by atoms with Gasteiger partial charge in [-0.3, -0.25) is 0 Å². The molecule has 682 valence electrons.